The third-order valence-corrected chi connectivity index (χ3v) is 1.42. The van der Waals surface area contributed by atoms with Gasteiger partial charge in [0, 0.05) is 12.5 Å². The van der Waals surface area contributed by atoms with Crippen molar-refractivity contribution < 1.29 is 19.0 Å². The number of rotatable bonds is 2. The van der Waals surface area contributed by atoms with Gasteiger partial charge in [0.05, 0.1) is 0 Å². The van der Waals surface area contributed by atoms with Gasteiger partial charge in [-0.1, -0.05) is 6.07 Å². The van der Waals surface area contributed by atoms with Gasteiger partial charge in [0.1, 0.15) is 11.6 Å². The van der Waals surface area contributed by atoms with Crippen LogP contribution in [0.15, 0.2) is 18.2 Å². The molecular formula is C8H8F2O2. The Morgan fingerprint density at radius 2 is 1.92 bits per heavy atom. The molecule has 0 saturated heterocycles. The van der Waals surface area contributed by atoms with Crippen LogP contribution in [-0.2, 0) is 6.42 Å². The van der Waals surface area contributed by atoms with E-state index in [1.807, 2.05) is 0 Å². The molecule has 1 rings (SSSR count). The Kier molecular flexibility index (Phi) is 2.73. The second-order valence-corrected chi connectivity index (χ2v) is 2.42. The molecule has 0 saturated carbocycles. The first-order valence-corrected chi connectivity index (χ1v) is 3.39. The molecule has 4 heteroatoms. The van der Waals surface area contributed by atoms with E-state index in [1.165, 1.54) is 6.07 Å². The van der Waals surface area contributed by atoms with E-state index in [1.54, 1.807) is 0 Å². The first kappa shape index (κ1) is 9.09. The highest BCUT2D eigenvalue weighted by Gasteiger charge is 2.06. The maximum absolute atomic E-state index is 12.7. The summed E-state index contributed by atoms with van der Waals surface area (Å²) in [4.78, 5) is 0. The van der Waals surface area contributed by atoms with Crippen molar-refractivity contribution in [3.63, 3.8) is 0 Å². The van der Waals surface area contributed by atoms with E-state index in [2.05, 4.69) is 0 Å². The fourth-order valence-electron chi connectivity index (χ4n) is 0.884. The molecule has 0 aromatic heterocycles. The Hall–Kier alpha value is -1.00. The van der Waals surface area contributed by atoms with Crippen LogP contribution < -0.4 is 0 Å². The highest BCUT2D eigenvalue weighted by Crippen LogP contribution is 2.10. The Labute approximate surface area is 68.1 Å². The Morgan fingerprint density at radius 3 is 2.42 bits per heavy atom. The summed E-state index contributed by atoms with van der Waals surface area (Å²) in [6.45, 7) is 0. The molecule has 0 bridgehead atoms. The molecule has 0 aliphatic carbocycles. The highest BCUT2D eigenvalue weighted by molar-refractivity contribution is 5.18. The van der Waals surface area contributed by atoms with Gasteiger partial charge in [-0.05, 0) is 11.6 Å². The monoisotopic (exact) mass is 174 g/mol. The lowest BCUT2D eigenvalue weighted by atomic mass is 10.1. The fraction of sp³-hybridized carbons (Fsp3) is 0.250. The minimum Gasteiger partial charge on any atom is -0.368 e. The van der Waals surface area contributed by atoms with E-state index in [0.717, 1.165) is 6.07 Å². The van der Waals surface area contributed by atoms with Crippen LogP contribution in [-0.4, -0.2) is 16.5 Å². The van der Waals surface area contributed by atoms with Gasteiger partial charge < -0.3 is 10.2 Å². The van der Waals surface area contributed by atoms with E-state index in [9.17, 15) is 8.78 Å². The molecule has 1 aromatic carbocycles. The highest BCUT2D eigenvalue weighted by atomic mass is 19.1. The standard InChI is InChI=1S/C8H8F2O2/c9-6-2-1-5(3-8(11)12)7(10)4-6/h1-2,4,8,11-12H,3H2. The molecule has 1 aromatic rings. The number of benzene rings is 1. The van der Waals surface area contributed by atoms with Gasteiger partial charge >= 0.3 is 0 Å². The van der Waals surface area contributed by atoms with Crippen molar-refractivity contribution in [2.24, 2.45) is 0 Å². The molecule has 0 aliphatic rings. The van der Waals surface area contributed by atoms with Gasteiger partial charge in [0.2, 0.25) is 0 Å². The van der Waals surface area contributed by atoms with Gasteiger partial charge in [-0.3, -0.25) is 0 Å². The minimum absolute atomic E-state index is 0.0893. The SMILES string of the molecule is OC(O)Cc1ccc(F)cc1F. The van der Waals surface area contributed by atoms with Crippen LogP contribution in [0.5, 0.6) is 0 Å². The summed E-state index contributed by atoms with van der Waals surface area (Å²) in [5.74, 6) is -1.44. The molecule has 0 atom stereocenters. The lowest BCUT2D eigenvalue weighted by Gasteiger charge is -2.04. The molecule has 2 N–H and O–H groups in total. The summed E-state index contributed by atoms with van der Waals surface area (Å²) < 4.78 is 25.1. The van der Waals surface area contributed by atoms with Gasteiger partial charge in [-0.2, -0.15) is 0 Å². The molecule has 2 nitrogen and oxygen atoms in total. The van der Waals surface area contributed by atoms with Crippen molar-refractivity contribution in [1.82, 2.24) is 0 Å². The van der Waals surface area contributed by atoms with Crippen LogP contribution in [0.3, 0.4) is 0 Å². The van der Waals surface area contributed by atoms with E-state index in [-0.39, 0.29) is 12.0 Å². The third-order valence-electron chi connectivity index (χ3n) is 1.42. The summed E-state index contributed by atoms with van der Waals surface area (Å²) in [5.41, 5.74) is 0.0893. The largest absolute Gasteiger partial charge is 0.368 e. The van der Waals surface area contributed by atoms with Crippen molar-refractivity contribution in [2.45, 2.75) is 12.7 Å². The van der Waals surface area contributed by atoms with E-state index < -0.39 is 17.9 Å². The maximum Gasteiger partial charge on any atom is 0.155 e. The average Bonchev–Trinajstić information content (AvgIpc) is 1.94. The smallest absolute Gasteiger partial charge is 0.155 e. The van der Waals surface area contributed by atoms with Crippen LogP contribution in [0.4, 0.5) is 8.78 Å². The van der Waals surface area contributed by atoms with Crippen LogP contribution in [0.25, 0.3) is 0 Å². The number of halogens is 2. The van der Waals surface area contributed by atoms with Crippen LogP contribution >= 0.6 is 0 Å². The molecule has 0 amide bonds. The normalized spacial score (nSPS) is 10.8. The van der Waals surface area contributed by atoms with Crippen LogP contribution in [0.2, 0.25) is 0 Å². The summed E-state index contributed by atoms with van der Waals surface area (Å²) >= 11 is 0. The van der Waals surface area contributed by atoms with E-state index in [0.29, 0.717) is 6.07 Å². The van der Waals surface area contributed by atoms with E-state index >= 15 is 0 Å². The molecule has 0 radical (unpaired) electrons. The number of hydrogen-bond donors (Lipinski definition) is 2. The molecular weight excluding hydrogens is 166 g/mol. The summed E-state index contributed by atoms with van der Waals surface area (Å²) in [7, 11) is 0. The summed E-state index contributed by atoms with van der Waals surface area (Å²) in [5, 5.41) is 17.0. The third kappa shape index (κ3) is 2.25. The van der Waals surface area contributed by atoms with Gasteiger partial charge in [-0.25, -0.2) is 8.78 Å². The van der Waals surface area contributed by atoms with Crippen LogP contribution in [0.1, 0.15) is 5.56 Å². The van der Waals surface area contributed by atoms with Crippen molar-refractivity contribution >= 4 is 0 Å². The average molecular weight is 174 g/mol. The molecule has 0 unspecified atom stereocenters. The maximum atomic E-state index is 12.7. The summed E-state index contributed by atoms with van der Waals surface area (Å²) in [6.07, 6.45) is -1.84. The zero-order valence-corrected chi connectivity index (χ0v) is 6.17. The second-order valence-electron chi connectivity index (χ2n) is 2.42. The van der Waals surface area contributed by atoms with Crippen molar-refractivity contribution in [2.75, 3.05) is 0 Å². The van der Waals surface area contributed by atoms with Gasteiger partial charge in [0.15, 0.2) is 6.29 Å². The lowest BCUT2D eigenvalue weighted by Crippen LogP contribution is -2.09. The predicted molar refractivity (Wildman–Crippen MR) is 38.3 cm³/mol. The van der Waals surface area contributed by atoms with Gasteiger partial charge in [-0.15, -0.1) is 0 Å². The molecule has 0 aliphatic heterocycles. The van der Waals surface area contributed by atoms with E-state index in [4.69, 9.17) is 10.2 Å². The molecule has 66 valence electrons. The molecule has 0 fully saturated rings. The zero-order chi connectivity index (χ0) is 9.14. The first-order valence-electron chi connectivity index (χ1n) is 3.39. The Morgan fingerprint density at radius 1 is 1.25 bits per heavy atom. The lowest BCUT2D eigenvalue weighted by molar-refractivity contribution is -0.0387. The number of hydrogen-bond acceptors (Lipinski definition) is 2. The molecule has 0 spiro atoms. The quantitative estimate of drug-likeness (QED) is 0.651. The minimum atomic E-state index is -1.61. The molecule has 0 heterocycles. The molecule has 12 heavy (non-hydrogen) atoms. The van der Waals surface area contributed by atoms with Crippen molar-refractivity contribution in [3.8, 4) is 0 Å². The predicted octanol–water partition coefficient (Wildman–Crippen LogP) is 0.818. The fourth-order valence-corrected chi connectivity index (χ4v) is 0.884. The summed E-state index contributed by atoms with van der Waals surface area (Å²) in [6, 6.07) is 2.96. The number of aliphatic hydroxyl groups is 2. The second kappa shape index (κ2) is 3.60. The Bertz CT molecular complexity index is 274. The van der Waals surface area contributed by atoms with Gasteiger partial charge in [0.25, 0.3) is 0 Å². The zero-order valence-electron chi connectivity index (χ0n) is 6.17. The Balaban J connectivity index is 2.86. The topological polar surface area (TPSA) is 40.5 Å². The van der Waals surface area contributed by atoms with Crippen molar-refractivity contribution in [3.05, 3.63) is 35.4 Å². The number of aliphatic hydroxyl groups excluding tert-OH is 1. The first-order chi connectivity index (χ1) is 5.59. The van der Waals surface area contributed by atoms with Crippen molar-refractivity contribution in [1.29, 1.82) is 0 Å². The van der Waals surface area contributed by atoms with Crippen LogP contribution in [0, 0.1) is 11.6 Å².